The first kappa shape index (κ1) is 17.4. The Labute approximate surface area is 135 Å². The van der Waals surface area contributed by atoms with Gasteiger partial charge < -0.3 is 10.4 Å². The fraction of sp³-hybridized carbons (Fsp3) is 0.467. The maximum absolute atomic E-state index is 12.3. The summed E-state index contributed by atoms with van der Waals surface area (Å²) >= 11 is 0. The van der Waals surface area contributed by atoms with Crippen LogP contribution >= 0.6 is 0 Å². The molecule has 1 amide bonds. The van der Waals surface area contributed by atoms with Crippen LogP contribution in [-0.4, -0.2) is 48.5 Å². The lowest BCUT2D eigenvalue weighted by Gasteiger charge is -2.32. The molecule has 1 aliphatic heterocycles. The topological polar surface area (TPSA) is 104 Å². The molecule has 0 spiro atoms. The number of carboxylic acid groups (broad SMARTS) is 1. The van der Waals surface area contributed by atoms with E-state index in [1.807, 2.05) is 0 Å². The zero-order valence-corrected chi connectivity index (χ0v) is 13.7. The predicted molar refractivity (Wildman–Crippen MR) is 84.4 cm³/mol. The summed E-state index contributed by atoms with van der Waals surface area (Å²) in [5.74, 6) is -1.38. The molecular weight excluding hydrogens is 320 g/mol. The number of nitrogens with zero attached hydrogens (tertiary/aromatic N) is 1. The molecular formula is C15H20N2O5S. The number of aromatic carboxylic acids is 1. The van der Waals surface area contributed by atoms with Crippen molar-refractivity contribution < 1.29 is 23.1 Å². The van der Waals surface area contributed by atoms with Crippen molar-refractivity contribution in [3.05, 3.63) is 35.4 Å². The molecule has 8 heteroatoms. The number of carbonyl (C=O) groups is 2. The van der Waals surface area contributed by atoms with Gasteiger partial charge in [-0.1, -0.05) is 18.6 Å². The van der Waals surface area contributed by atoms with Gasteiger partial charge in [-0.25, -0.2) is 13.2 Å². The number of carbonyl (C=O) groups excluding carboxylic acids is 1. The molecule has 0 bridgehead atoms. The van der Waals surface area contributed by atoms with Gasteiger partial charge in [0.25, 0.3) is 0 Å². The van der Waals surface area contributed by atoms with E-state index < -0.39 is 22.0 Å². The highest BCUT2D eigenvalue weighted by atomic mass is 32.2. The first-order chi connectivity index (χ1) is 10.8. The van der Waals surface area contributed by atoms with Crippen LogP contribution in [0.15, 0.2) is 24.3 Å². The van der Waals surface area contributed by atoms with Crippen LogP contribution in [0.3, 0.4) is 0 Å². The molecule has 126 valence electrons. The van der Waals surface area contributed by atoms with Crippen LogP contribution in [0, 0.1) is 0 Å². The first-order valence-corrected chi connectivity index (χ1v) is 9.20. The van der Waals surface area contributed by atoms with E-state index >= 15 is 0 Å². The van der Waals surface area contributed by atoms with Crippen LogP contribution in [0.4, 0.5) is 0 Å². The van der Waals surface area contributed by atoms with Crippen LogP contribution in [0.2, 0.25) is 0 Å². The second kappa shape index (κ2) is 7.10. The molecule has 1 atom stereocenters. The number of nitrogens with one attached hydrogen (secondary N) is 1. The second-order valence-corrected chi connectivity index (χ2v) is 7.54. The summed E-state index contributed by atoms with van der Waals surface area (Å²) in [7, 11) is -3.43. The largest absolute Gasteiger partial charge is 0.478 e. The quantitative estimate of drug-likeness (QED) is 0.826. The average Bonchev–Trinajstić information content (AvgIpc) is 2.52. The maximum Gasteiger partial charge on any atom is 0.335 e. The van der Waals surface area contributed by atoms with Crippen molar-refractivity contribution in [2.45, 2.75) is 31.8 Å². The van der Waals surface area contributed by atoms with Crippen LogP contribution in [0.25, 0.3) is 0 Å². The van der Waals surface area contributed by atoms with E-state index in [2.05, 4.69) is 5.32 Å². The van der Waals surface area contributed by atoms with Crippen molar-refractivity contribution in [2.75, 3.05) is 12.8 Å². The molecule has 7 nitrogen and oxygen atoms in total. The predicted octanol–water partition coefficient (Wildman–Crippen LogP) is 0.815. The Bertz CT molecular complexity index is 702. The Morgan fingerprint density at radius 2 is 2.09 bits per heavy atom. The van der Waals surface area contributed by atoms with E-state index in [1.165, 1.54) is 16.4 Å². The third-order valence-electron chi connectivity index (χ3n) is 3.82. The standard InChI is InChI=1S/C15H20N2O5S/c1-23(21,22)17-8-3-2-7-13(17)14(18)16-10-11-5-4-6-12(9-11)15(19)20/h4-6,9,13H,2-3,7-8,10H2,1H3,(H,16,18)(H,19,20)/t13-/m0/s1. The molecule has 2 rings (SSSR count). The summed E-state index contributed by atoms with van der Waals surface area (Å²) in [6.07, 6.45) is 3.15. The molecule has 23 heavy (non-hydrogen) atoms. The molecule has 2 N–H and O–H groups in total. The average molecular weight is 340 g/mol. The number of hydrogen-bond donors (Lipinski definition) is 2. The minimum Gasteiger partial charge on any atom is -0.478 e. The molecule has 1 aromatic rings. The Morgan fingerprint density at radius 3 is 2.74 bits per heavy atom. The van der Waals surface area contributed by atoms with Crippen molar-refractivity contribution in [3.8, 4) is 0 Å². The molecule has 0 saturated carbocycles. The Kier molecular flexibility index (Phi) is 5.38. The molecule has 0 radical (unpaired) electrons. The Morgan fingerprint density at radius 1 is 1.35 bits per heavy atom. The number of hydrogen-bond acceptors (Lipinski definition) is 4. The molecule has 0 aromatic heterocycles. The van der Waals surface area contributed by atoms with Crippen LogP contribution < -0.4 is 5.32 Å². The molecule has 1 aromatic carbocycles. The number of benzene rings is 1. The van der Waals surface area contributed by atoms with E-state index in [9.17, 15) is 18.0 Å². The fourth-order valence-electron chi connectivity index (χ4n) is 2.69. The van der Waals surface area contributed by atoms with Gasteiger partial charge in [0.05, 0.1) is 11.8 Å². The highest BCUT2D eigenvalue weighted by Crippen LogP contribution is 2.20. The van der Waals surface area contributed by atoms with Gasteiger partial charge in [-0.15, -0.1) is 0 Å². The summed E-state index contributed by atoms with van der Waals surface area (Å²) in [6, 6.07) is 5.58. The lowest BCUT2D eigenvalue weighted by molar-refractivity contribution is -0.125. The molecule has 1 fully saturated rings. The second-order valence-electron chi connectivity index (χ2n) is 5.61. The van der Waals surface area contributed by atoms with E-state index in [1.54, 1.807) is 12.1 Å². The summed E-state index contributed by atoms with van der Waals surface area (Å²) < 4.78 is 24.8. The van der Waals surface area contributed by atoms with Gasteiger partial charge in [0.1, 0.15) is 6.04 Å². The number of amides is 1. The molecule has 1 heterocycles. The summed E-state index contributed by atoms with van der Waals surface area (Å²) in [6.45, 7) is 0.513. The van der Waals surface area contributed by atoms with Crippen molar-refractivity contribution in [2.24, 2.45) is 0 Å². The third-order valence-corrected chi connectivity index (χ3v) is 5.11. The van der Waals surface area contributed by atoms with Gasteiger partial charge in [-0.3, -0.25) is 4.79 Å². The number of carboxylic acids is 1. The zero-order chi connectivity index (χ0) is 17.0. The van der Waals surface area contributed by atoms with Crippen molar-refractivity contribution in [1.29, 1.82) is 0 Å². The van der Waals surface area contributed by atoms with E-state index in [4.69, 9.17) is 5.11 Å². The van der Waals surface area contributed by atoms with Crippen molar-refractivity contribution in [3.63, 3.8) is 0 Å². The number of sulfonamides is 1. The van der Waals surface area contributed by atoms with Crippen LogP contribution in [-0.2, 0) is 21.4 Å². The highest BCUT2D eigenvalue weighted by molar-refractivity contribution is 7.88. The first-order valence-electron chi connectivity index (χ1n) is 7.36. The number of piperidine rings is 1. The van der Waals surface area contributed by atoms with Gasteiger partial charge >= 0.3 is 5.97 Å². The van der Waals surface area contributed by atoms with Gasteiger partial charge in [-0.05, 0) is 30.5 Å². The lowest BCUT2D eigenvalue weighted by atomic mass is 10.0. The minimum absolute atomic E-state index is 0.146. The molecule has 1 saturated heterocycles. The van der Waals surface area contributed by atoms with Crippen LogP contribution in [0.1, 0.15) is 35.2 Å². The summed E-state index contributed by atoms with van der Waals surface area (Å²) in [5, 5.41) is 11.7. The SMILES string of the molecule is CS(=O)(=O)N1CCCC[C@H]1C(=O)NCc1cccc(C(=O)O)c1. The van der Waals surface area contributed by atoms with E-state index in [-0.39, 0.29) is 18.0 Å². The van der Waals surface area contributed by atoms with Crippen LogP contribution in [0.5, 0.6) is 0 Å². The normalized spacial score (nSPS) is 19.3. The summed E-state index contributed by atoms with van der Waals surface area (Å²) in [5.41, 5.74) is 0.798. The maximum atomic E-state index is 12.3. The fourth-order valence-corrected chi connectivity index (χ4v) is 3.81. The molecule has 0 unspecified atom stereocenters. The van der Waals surface area contributed by atoms with Gasteiger partial charge in [0.2, 0.25) is 15.9 Å². The minimum atomic E-state index is -3.43. The molecule has 0 aliphatic carbocycles. The Hall–Kier alpha value is -1.93. The highest BCUT2D eigenvalue weighted by Gasteiger charge is 2.34. The van der Waals surface area contributed by atoms with Gasteiger partial charge in [-0.2, -0.15) is 4.31 Å². The summed E-state index contributed by atoms with van der Waals surface area (Å²) in [4.78, 5) is 23.2. The van der Waals surface area contributed by atoms with Crippen molar-refractivity contribution in [1.82, 2.24) is 9.62 Å². The monoisotopic (exact) mass is 340 g/mol. The van der Waals surface area contributed by atoms with Gasteiger partial charge in [0.15, 0.2) is 0 Å². The molecule has 1 aliphatic rings. The van der Waals surface area contributed by atoms with Crippen molar-refractivity contribution >= 4 is 21.9 Å². The lowest BCUT2D eigenvalue weighted by Crippen LogP contribution is -2.51. The van der Waals surface area contributed by atoms with E-state index in [0.717, 1.165) is 19.1 Å². The zero-order valence-electron chi connectivity index (χ0n) is 12.9. The Balaban J connectivity index is 2.03. The van der Waals surface area contributed by atoms with Gasteiger partial charge in [0, 0.05) is 13.1 Å². The van der Waals surface area contributed by atoms with E-state index in [0.29, 0.717) is 18.5 Å². The smallest absolute Gasteiger partial charge is 0.335 e. The number of rotatable bonds is 5. The third kappa shape index (κ3) is 4.52.